The van der Waals surface area contributed by atoms with E-state index in [2.05, 4.69) is 5.09 Å². The maximum absolute atomic E-state index is 12.9. The van der Waals surface area contributed by atoms with Crippen LogP contribution < -0.4 is 10.8 Å². The van der Waals surface area contributed by atoms with Crippen molar-refractivity contribution in [1.29, 1.82) is 0 Å². The number of rotatable bonds is 10. The molecule has 0 fully saturated rings. The molecule has 23 heavy (non-hydrogen) atoms. The van der Waals surface area contributed by atoms with Crippen LogP contribution in [0.4, 0.5) is 5.69 Å². The first kappa shape index (κ1) is 19.2. The Morgan fingerprint density at radius 1 is 1.30 bits per heavy atom. The van der Waals surface area contributed by atoms with Crippen LogP contribution in [0.5, 0.6) is 0 Å². The number of carboxylic acid groups (broad SMARTS) is 2. The minimum Gasteiger partial charge on any atom is -0.481 e. The van der Waals surface area contributed by atoms with Crippen LogP contribution in [0.25, 0.3) is 0 Å². The van der Waals surface area contributed by atoms with Crippen LogP contribution in [0, 0.1) is 0 Å². The van der Waals surface area contributed by atoms with Gasteiger partial charge in [-0.25, -0.2) is 5.09 Å². The Morgan fingerprint density at radius 2 is 1.91 bits per heavy atom. The van der Waals surface area contributed by atoms with Gasteiger partial charge in [0.1, 0.15) is 6.04 Å². The molecule has 1 aromatic rings. The van der Waals surface area contributed by atoms with Gasteiger partial charge in [-0.2, -0.15) is 0 Å². The van der Waals surface area contributed by atoms with Crippen molar-refractivity contribution < 1.29 is 28.9 Å². The van der Waals surface area contributed by atoms with Crippen LogP contribution in [-0.4, -0.2) is 34.8 Å². The summed E-state index contributed by atoms with van der Waals surface area (Å²) in [5.41, 5.74) is 6.81. The second-order valence-electron chi connectivity index (χ2n) is 4.94. The first-order valence-electron chi connectivity index (χ1n) is 7.06. The van der Waals surface area contributed by atoms with Crippen LogP contribution in [0.15, 0.2) is 24.3 Å². The van der Waals surface area contributed by atoms with Crippen molar-refractivity contribution in [1.82, 2.24) is 5.09 Å². The van der Waals surface area contributed by atoms with Crippen LogP contribution in [0.2, 0.25) is 0 Å². The van der Waals surface area contributed by atoms with Crippen molar-refractivity contribution in [2.45, 2.75) is 32.0 Å². The molecule has 0 aliphatic carbocycles. The summed E-state index contributed by atoms with van der Waals surface area (Å²) in [6.45, 7) is 1.77. The lowest BCUT2D eigenvalue weighted by molar-refractivity contribution is -0.140. The van der Waals surface area contributed by atoms with Gasteiger partial charge in [-0.1, -0.05) is 12.1 Å². The second kappa shape index (κ2) is 8.67. The molecule has 0 spiro atoms. The Hall–Kier alpha value is -1.89. The van der Waals surface area contributed by atoms with Crippen LogP contribution in [-0.2, 0) is 24.8 Å². The molecule has 0 radical (unpaired) electrons. The fourth-order valence-corrected chi connectivity index (χ4v) is 4.03. The van der Waals surface area contributed by atoms with Gasteiger partial charge in [-0.15, -0.1) is 0 Å². The highest BCUT2D eigenvalue weighted by Gasteiger charge is 2.30. The van der Waals surface area contributed by atoms with Crippen molar-refractivity contribution in [2.75, 3.05) is 12.3 Å². The number of carbonyl (C=O) groups is 2. The summed E-state index contributed by atoms with van der Waals surface area (Å²) in [6.07, 6.45) is -0.556. The highest BCUT2D eigenvalue weighted by molar-refractivity contribution is 7.56. The molecule has 0 aliphatic rings. The number of hydrogen-bond donors (Lipinski definition) is 4. The molecule has 0 aliphatic heterocycles. The van der Waals surface area contributed by atoms with E-state index >= 15 is 0 Å². The van der Waals surface area contributed by atoms with E-state index in [0.717, 1.165) is 0 Å². The average Bonchev–Trinajstić information content (AvgIpc) is 2.46. The number of nitrogens with two attached hydrogens (primary N) is 1. The lowest BCUT2D eigenvalue weighted by atomic mass is 10.2. The molecule has 0 saturated heterocycles. The van der Waals surface area contributed by atoms with Crippen molar-refractivity contribution >= 4 is 25.1 Å². The Kier molecular flexibility index (Phi) is 7.22. The van der Waals surface area contributed by atoms with Gasteiger partial charge in [0, 0.05) is 12.1 Å². The SMILES string of the molecule is CCOP(=O)(Cc1ccc(N)cc1)N[C@@H](CCC(=O)O)C(=O)O. The average molecular weight is 344 g/mol. The lowest BCUT2D eigenvalue weighted by Gasteiger charge is -2.23. The third kappa shape index (κ3) is 6.81. The molecule has 0 heterocycles. The third-order valence-electron chi connectivity index (χ3n) is 3.01. The number of anilines is 1. The monoisotopic (exact) mass is 344 g/mol. The highest BCUT2D eigenvalue weighted by Crippen LogP contribution is 2.46. The van der Waals surface area contributed by atoms with E-state index < -0.39 is 25.5 Å². The molecule has 0 saturated carbocycles. The van der Waals surface area contributed by atoms with E-state index in [1.54, 1.807) is 31.2 Å². The van der Waals surface area contributed by atoms with Gasteiger partial charge >= 0.3 is 11.9 Å². The molecule has 0 bridgehead atoms. The Morgan fingerprint density at radius 3 is 2.39 bits per heavy atom. The summed E-state index contributed by atoms with van der Waals surface area (Å²) >= 11 is 0. The Bertz CT molecular complexity index is 589. The van der Waals surface area contributed by atoms with Gasteiger partial charge < -0.3 is 20.5 Å². The van der Waals surface area contributed by atoms with Gasteiger partial charge in [-0.05, 0) is 31.0 Å². The molecule has 8 nitrogen and oxygen atoms in total. The quantitative estimate of drug-likeness (QED) is 0.373. The van der Waals surface area contributed by atoms with Gasteiger partial charge in [0.25, 0.3) is 7.52 Å². The first-order chi connectivity index (χ1) is 10.8. The van der Waals surface area contributed by atoms with Gasteiger partial charge in [0.05, 0.1) is 12.8 Å². The number of benzene rings is 1. The van der Waals surface area contributed by atoms with Gasteiger partial charge in [-0.3, -0.25) is 14.2 Å². The van der Waals surface area contributed by atoms with Crippen molar-refractivity contribution in [3.8, 4) is 0 Å². The van der Waals surface area contributed by atoms with E-state index in [9.17, 15) is 19.3 Å². The topological polar surface area (TPSA) is 139 Å². The van der Waals surface area contributed by atoms with Crippen LogP contribution >= 0.6 is 7.52 Å². The maximum Gasteiger partial charge on any atom is 0.321 e. The molecule has 0 amide bonds. The minimum atomic E-state index is -3.49. The fourth-order valence-electron chi connectivity index (χ4n) is 1.95. The Labute approximate surface area is 134 Å². The van der Waals surface area contributed by atoms with Gasteiger partial charge in [0.2, 0.25) is 0 Å². The molecule has 1 unspecified atom stereocenters. The predicted octanol–water partition coefficient (Wildman–Crippen LogP) is 1.91. The zero-order valence-electron chi connectivity index (χ0n) is 12.8. The molecule has 0 aromatic heterocycles. The fraction of sp³-hybridized carbons (Fsp3) is 0.429. The summed E-state index contributed by atoms with van der Waals surface area (Å²) in [7, 11) is -3.49. The zero-order chi connectivity index (χ0) is 17.5. The smallest absolute Gasteiger partial charge is 0.321 e. The molecular weight excluding hydrogens is 323 g/mol. The zero-order valence-corrected chi connectivity index (χ0v) is 13.7. The van der Waals surface area contributed by atoms with Crippen molar-refractivity contribution in [3.63, 3.8) is 0 Å². The number of aliphatic carboxylic acids is 2. The molecule has 1 aromatic carbocycles. The number of nitrogen functional groups attached to an aromatic ring is 1. The summed E-state index contributed by atoms with van der Waals surface area (Å²) in [6, 6.07) is 5.37. The minimum absolute atomic E-state index is 0.0159. The number of carboxylic acids is 2. The first-order valence-corrected chi connectivity index (χ1v) is 8.87. The van der Waals surface area contributed by atoms with Crippen LogP contribution in [0.3, 0.4) is 0 Å². The summed E-state index contributed by atoms with van der Waals surface area (Å²) in [4.78, 5) is 21.9. The number of hydrogen-bond acceptors (Lipinski definition) is 5. The molecule has 128 valence electrons. The molecule has 1 rings (SSSR count). The van der Waals surface area contributed by atoms with E-state index in [-0.39, 0.29) is 25.6 Å². The molecule has 9 heteroatoms. The van der Waals surface area contributed by atoms with E-state index in [1.165, 1.54) is 0 Å². The molecular formula is C14H21N2O6P. The molecule has 2 atom stereocenters. The maximum atomic E-state index is 12.9. The highest BCUT2D eigenvalue weighted by atomic mass is 31.2. The largest absolute Gasteiger partial charge is 0.481 e. The standard InChI is InChI=1S/C14H21N2O6P/c1-2-22-23(21,9-10-3-5-11(15)6-4-10)16-12(14(19)20)7-8-13(17)18/h3-6,12H,2,7-9,15H2,1H3,(H,16,21)(H,17,18)(H,19,20)/t12-,23?/m0/s1. The van der Waals surface area contributed by atoms with Crippen molar-refractivity contribution in [3.05, 3.63) is 29.8 Å². The van der Waals surface area contributed by atoms with Gasteiger partial charge in [0.15, 0.2) is 0 Å². The van der Waals surface area contributed by atoms with Crippen LogP contribution in [0.1, 0.15) is 25.3 Å². The summed E-state index contributed by atoms with van der Waals surface area (Å²) < 4.78 is 18.1. The third-order valence-corrected chi connectivity index (χ3v) is 5.17. The van der Waals surface area contributed by atoms with E-state index in [4.69, 9.17) is 15.4 Å². The summed E-state index contributed by atoms with van der Waals surface area (Å²) in [5.74, 6) is -2.40. The summed E-state index contributed by atoms with van der Waals surface area (Å²) in [5, 5.41) is 20.3. The Balaban J connectivity index is 2.88. The van der Waals surface area contributed by atoms with Crippen molar-refractivity contribution in [2.24, 2.45) is 0 Å². The predicted molar refractivity (Wildman–Crippen MR) is 85.2 cm³/mol. The number of nitrogens with one attached hydrogen (secondary N) is 1. The van der Waals surface area contributed by atoms with E-state index in [1.807, 2.05) is 0 Å². The second-order valence-corrected chi connectivity index (χ2v) is 7.12. The lowest BCUT2D eigenvalue weighted by Crippen LogP contribution is -2.36. The molecule has 5 N–H and O–H groups in total. The normalized spacial score (nSPS) is 14.8. The van der Waals surface area contributed by atoms with E-state index in [0.29, 0.717) is 11.3 Å².